The number of nitrogens with zero attached hydrogens (tertiary/aromatic N) is 1. The van der Waals surface area contributed by atoms with Gasteiger partial charge in [0.15, 0.2) is 5.11 Å². The zero-order valence-corrected chi connectivity index (χ0v) is 16.5. The molecule has 0 atom stereocenters. The number of thiocarbonyl (C=S) groups is 1. The molecule has 1 aliphatic rings. The fraction of sp³-hybridized carbons (Fsp3) is 0.333. The second kappa shape index (κ2) is 8.86. The third-order valence-corrected chi connectivity index (χ3v) is 4.50. The van der Waals surface area contributed by atoms with Crippen LogP contribution in [0.15, 0.2) is 48.5 Å². The second-order valence-electron chi connectivity index (χ2n) is 6.81. The first-order valence-electron chi connectivity index (χ1n) is 9.22. The molecule has 3 rings (SSSR count). The minimum Gasteiger partial charge on any atom is -0.491 e. The summed E-state index contributed by atoms with van der Waals surface area (Å²) in [7, 11) is 0. The summed E-state index contributed by atoms with van der Waals surface area (Å²) in [6.45, 7) is 5.45. The van der Waals surface area contributed by atoms with Crippen molar-refractivity contribution in [3.8, 4) is 5.75 Å². The van der Waals surface area contributed by atoms with Gasteiger partial charge in [-0.2, -0.15) is 0 Å². The van der Waals surface area contributed by atoms with E-state index in [-0.39, 0.29) is 12.0 Å². The van der Waals surface area contributed by atoms with Crippen molar-refractivity contribution >= 4 is 34.6 Å². The summed E-state index contributed by atoms with van der Waals surface area (Å²) in [6.07, 6.45) is 1.73. The van der Waals surface area contributed by atoms with Gasteiger partial charge in [-0.25, -0.2) is 0 Å². The molecular weight excluding hydrogens is 358 g/mol. The van der Waals surface area contributed by atoms with Crippen LogP contribution in [0.3, 0.4) is 0 Å². The summed E-state index contributed by atoms with van der Waals surface area (Å²) in [6, 6.07) is 15.7. The van der Waals surface area contributed by atoms with E-state index in [4.69, 9.17) is 17.0 Å². The summed E-state index contributed by atoms with van der Waals surface area (Å²) >= 11 is 5.37. The van der Waals surface area contributed by atoms with Crippen LogP contribution in [0.5, 0.6) is 5.75 Å². The normalized spacial score (nSPS) is 13.7. The Labute approximate surface area is 165 Å². The fourth-order valence-electron chi connectivity index (χ4n) is 2.96. The molecule has 2 aromatic carbocycles. The smallest absolute Gasteiger partial charge is 0.227 e. The molecule has 0 unspecified atom stereocenters. The van der Waals surface area contributed by atoms with Crippen molar-refractivity contribution < 1.29 is 9.53 Å². The van der Waals surface area contributed by atoms with Gasteiger partial charge in [0.05, 0.1) is 6.10 Å². The van der Waals surface area contributed by atoms with Gasteiger partial charge >= 0.3 is 0 Å². The summed E-state index contributed by atoms with van der Waals surface area (Å²) in [4.78, 5) is 13.6. The van der Waals surface area contributed by atoms with Gasteiger partial charge in [0.1, 0.15) is 5.75 Å². The van der Waals surface area contributed by atoms with Crippen LogP contribution < -0.4 is 20.3 Å². The number of ether oxygens (including phenoxy) is 1. The number of rotatable bonds is 6. The van der Waals surface area contributed by atoms with Crippen LogP contribution in [0.2, 0.25) is 0 Å². The average molecular weight is 384 g/mol. The molecular formula is C21H25N3O2S. The lowest BCUT2D eigenvalue weighted by Gasteiger charge is -2.16. The molecule has 2 N–H and O–H groups in total. The third-order valence-electron chi connectivity index (χ3n) is 4.26. The predicted octanol–water partition coefficient (Wildman–Crippen LogP) is 4.09. The van der Waals surface area contributed by atoms with Crippen LogP contribution in [0, 0.1) is 0 Å². The molecule has 0 spiro atoms. The van der Waals surface area contributed by atoms with Crippen LogP contribution in [0.1, 0.15) is 32.3 Å². The lowest BCUT2D eigenvalue weighted by molar-refractivity contribution is -0.117. The highest BCUT2D eigenvalue weighted by Crippen LogP contribution is 2.23. The molecule has 1 fully saturated rings. The van der Waals surface area contributed by atoms with Gasteiger partial charge in [-0.3, -0.25) is 4.79 Å². The summed E-state index contributed by atoms with van der Waals surface area (Å²) in [5.74, 6) is 1.06. The molecule has 2 aromatic rings. The van der Waals surface area contributed by atoms with Crippen molar-refractivity contribution in [1.82, 2.24) is 5.32 Å². The van der Waals surface area contributed by atoms with Crippen molar-refractivity contribution in [1.29, 1.82) is 0 Å². The van der Waals surface area contributed by atoms with Crippen molar-refractivity contribution in [2.45, 2.75) is 39.3 Å². The first kappa shape index (κ1) is 19.2. The molecule has 5 nitrogen and oxygen atoms in total. The summed E-state index contributed by atoms with van der Waals surface area (Å²) in [5.41, 5.74) is 2.95. The van der Waals surface area contributed by atoms with E-state index >= 15 is 0 Å². The Morgan fingerprint density at radius 2 is 1.85 bits per heavy atom. The minimum atomic E-state index is 0.167. The van der Waals surface area contributed by atoms with Crippen molar-refractivity contribution in [3.63, 3.8) is 0 Å². The van der Waals surface area contributed by atoms with E-state index in [0.717, 1.165) is 35.7 Å². The van der Waals surface area contributed by atoms with E-state index in [2.05, 4.69) is 10.6 Å². The molecule has 0 saturated carbocycles. The van der Waals surface area contributed by atoms with Gasteiger partial charge in [-0.15, -0.1) is 0 Å². The van der Waals surface area contributed by atoms with Crippen LogP contribution >= 0.6 is 12.2 Å². The molecule has 0 radical (unpaired) electrons. The fourth-order valence-corrected chi connectivity index (χ4v) is 3.15. The van der Waals surface area contributed by atoms with E-state index < -0.39 is 0 Å². The number of amides is 1. The van der Waals surface area contributed by atoms with Gasteiger partial charge in [-0.05, 0) is 74.4 Å². The number of carbonyl (C=O) groups is 1. The topological polar surface area (TPSA) is 53.6 Å². The highest BCUT2D eigenvalue weighted by atomic mass is 32.1. The maximum Gasteiger partial charge on any atom is 0.227 e. The Morgan fingerprint density at radius 3 is 2.44 bits per heavy atom. The number of hydrogen-bond donors (Lipinski definition) is 2. The maximum absolute atomic E-state index is 11.8. The highest BCUT2D eigenvalue weighted by molar-refractivity contribution is 7.80. The second-order valence-corrected chi connectivity index (χ2v) is 7.22. The molecule has 1 heterocycles. The summed E-state index contributed by atoms with van der Waals surface area (Å²) in [5, 5.41) is 6.93. The lowest BCUT2D eigenvalue weighted by atomic mass is 10.2. The Hall–Kier alpha value is -2.60. The maximum atomic E-state index is 11.8. The molecule has 0 aromatic heterocycles. The van der Waals surface area contributed by atoms with E-state index in [9.17, 15) is 4.79 Å². The molecule has 0 bridgehead atoms. The van der Waals surface area contributed by atoms with Crippen LogP contribution in [0.25, 0.3) is 0 Å². The standard InChI is InChI=1S/C21H25N3O2S/c1-15(2)26-19-11-5-16(6-12-19)14-22-21(27)23-17-7-9-18(10-8-17)24-13-3-4-20(24)25/h5-12,15H,3-4,13-14H2,1-2H3,(H2,22,23,27). The van der Waals surface area contributed by atoms with E-state index in [0.29, 0.717) is 18.1 Å². The van der Waals surface area contributed by atoms with Gasteiger partial charge in [0, 0.05) is 30.9 Å². The summed E-state index contributed by atoms with van der Waals surface area (Å²) < 4.78 is 5.64. The zero-order chi connectivity index (χ0) is 19.2. The predicted molar refractivity (Wildman–Crippen MR) is 113 cm³/mol. The highest BCUT2D eigenvalue weighted by Gasteiger charge is 2.21. The van der Waals surface area contributed by atoms with Crippen LogP contribution in [-0.2, 0) is 11.3 Å². The van der Waals surface area contributed by atoms with Crippen LogP contribution in [-0.4, -0.2) is 23.7 Å². The molecule has 6 heteroatoms. The number of carbonyl (C=O) groups excluding carboxylic acids is 1. The quantitative estimate of drug-likeness (QED) is 0.736. The molecule has 1 amide bonds. The molecule has 0 aliphatic carbocycles. The first-order chi connectivity index (χ1) is 13.0. The Morgan fingerprint density at radius 1 is 1.15 bits per heavy atom. The van der Waals surface area contributed by atoms with Crippen molar-refractivity contribution in [2.24, 2.45) is 0 Å². The van der Waals surface area contributed by atoms with Crippen LogP contribution in [0.4, 0.5) is 11.4 Å². The van der Waals surface area contributed by atoms with Gasteiger partial charge in [0.25, 0.3) is 0 Å². The van der Waals surface area contributed by atoms with Gasteiger partial charge in [0.2, 0.25) is 5.91 Å². The third kappa shape index (κ3) is 5.44. The number of nitrogens with one attached hydrogen (secondary N) is 2. The molecule has 27 heavy (non-hydrogen) atoms. The SMILES string of the molecule is CC(C)Oc1ccc(CNC(=S)Nc2ccc(N3CCCC3=O)cc2)cc1. The van der Waals surface area contributed by atoms with Gasteiger partial charge < -0.3 is 20.3 Å². The van der Waals surface area contributed by atoms with Crippen molar-refractivity contribution in [2.75, 3.05) is 16.8 Å². The molecule has 142 valence electrons. The first-order valence-corrected chi connectivity index (χ1v) is 9.63. The molecule has 1 saturated heterocycles. The number of hydrogen-bond acceptors (Lipinski definition) is 3. The Kier molecular flexibility index (Phi) is 6.29. The molecule has 1 aliphatic heterocycles. The zero-order valence-electron chi connectivity index (χ0n) is 15.7. The Balaban J connectivity index is 1.48. The van der Waals surface area contributed by atoms with Crippen molar-refractivity contribution in [3.05, 3.63) is 54.1 Å². The van der Waals surface area contributed by atoms with E-state index in [1.807, 2.05) is 67.3 Å². The lowest BCUT2D eigenvalue weighted by Crippen LogP contribution is -2.28. The largest absolute Gasteiger partial charge is 0.491 e. The van der Waals surface area contributed by atoms with E-state index in [1.54, 1.807) is 0 Å². The van der Waals surface area contributed by atoms with E-state index in [1.165, 1.54) is 0 Å². The monoisotopic (exact) mass is 383 g/mol. The average Bonchev–Trinajstić information content (AvgIpc) is 3.07. The number of anilines is 2. The van der Waals surface area contributed by atoms with Gasteiger partial charge in [-0.1, -0.05) is 12.1 Å². The minimum absolute atomic E-state index is 0.167. The Bertz CT molecular complexity index is 788. The number of benzene rings is 2.